The highest BCUT2D eigenvalue weighted by Gasteiger charge is 2.46. The lowest BCUT2D eigenvalue weighted by Crippen LogP contribution is -2.28. The highest BCUT2D eigenvalue weighted by Crippen LogP contribution is 2.63. The zero-order valence-electron chi connectivity index (χ0n) is 52.1. The van der Waals surface area contributed by atoms with Gasteiger partial charge < -0.3 is 23.2 Å². The van der Waals surface area contributed by atoms with E-state index in [9.17, 15) is 0 Å². The highest BCUT2D eigenvalue weighted by atomic mass is 15.2. The summed E-state index contributed by atoms with van der Waals surface area (Å²) in [4.78, 5) is 2.60. The molecule has 19 aromatic rings. The van der Waals surface area contributed by atoms with Gasteiger partial charge in [0.25, 0.3) is 0 Å². The van der Waals surface area contributed by atoms with Crippen LogP contribution < -0.4 is 4.90 Å². The van der Waals surface area contributed by atoms with Gasteiger partial charge in [-0.25, -0.2) is 0 Å². The molecule has 0 aliphatic carbocycles. The molecule has 0 bridgehead atoms. The molecule has 2 aliphatic heterocycles. The van der Waals surface area contributed by atoms with Gasteiger partial charge >= 0.3 is 0 Å². The summed E-state index contributed by atoms with van der Waals surface area (Å²) in [5.41, 5.74) is 29.9. The van der Waals surface area contributed by atoms with E-state index in [1.165, 1.54) is 115 Å². The largest absolute Gasteiger partial charge is 0.306 e. The number of benzene rings is 15. The Bertz CT molecular complexity index is 5920. The van der Waals surface area contributed by atoms with E-state index < -0.39 is 0 Å². The van der Waals surface area contributed by atoms with Crippen LogP contribution in [0, 0.1) is 0 Å². The molecule has 0 saturated heterocycles. The monoisotopic (exact) mass is 1220 g/mol. The van der Waals surface area contributed by atoms with Crippen LogP contribution in [-0.4, -0.2) is 18.3 Å². The van der Waals surface area contributed by atoms with Gasteiger partial charge in [-0.2, -0.15) is 0 Å². The number of hydrogen-bond acceptors (Lipinski definition) is 1. The first-order chi connectivity index (χ1) is 47.7. The summed E-state index contributed by atoms with van der Waals surface area (Å²) in [6.45, 7) is 0. The van der Waals surface area contributed by atoms with E-state index in [2.05, 4.69) is 363 Å². The fraction of sp³-hybridized carbons (Fsp3) is 0.0110. The van der Waals surface area contributed by atoms with Crippen molar-refractivity contribution >= 4 is 104 Å². The predicted octanol–water partition coefficient (Wildman–Crippen LogP) is 24.0. The molecular weight excluding hydrogens is 1160 g/mol. The van der Waals surface area contributed by atoms with Crippen molar-refractivity contribution in [2.24, 2.45) is 0 Å². The second-order valence-electron chi connectivity index (χ2n) is 25.9. The van der Waals surface area contributed by atoms with Crippen LogP contribution in [0.15, 0.2) is 340 Å². The molecule has 0 amide bonds. The second-order valence-corrected chi connectivity index (χ2v) is 25.9. The van der Waals surface area contributed by atoms with Crippen LogP contribution in [0.25, 0.3) is 154 Å². The van der Waals surface area contributed by atoms with Crippen LogP contribution in [-0.2, 0) is 0 Å². The first-order valence-electron chi connectivity index (χ1n) is 33.3. The van der Waals surface area contributed by atoms with E-state index in [0.717, 1.165) is 72.9 Å². The molecule has 5 heteroatoms. The first kappa shape index (κ1) is 52.9. The van der Waals surface area contributed by atoms with Crippen LogP contribution >= 0.6 is 0 Å². The van der Waals surface area contributed by atoms with Crippen molar-refractivity contribution in [3.63, 3.8) is 0 Å². The second kappa shape index (κ2) is 20.4. The summed E-state index contributed by atoms with van der Waals surface area (Å²) >= 11 is 0. The van der Waals surface area contributed by atoms with E-state index in [1.807, 2.05) is 0 Å². The van der Waals surface area contributed by atoms with Crippen molar-refractivity contribution in [1.82, 2.24) is 18.3 Å². The summed E-state index contributed by atoms with van der Waals surface area (Å²) < 4.78 is 10.8. The van der Waals surface area contributed by atoms with Gasteiger partial charge in [-0.3, -0.25) is 0 Å². The van der Waals surface area contributed by atoms with Crippen molar-refractivity contribution in [3.8, 4) is 67.3 Å². The average Bonchev–Trinajstić information content (AvgIpc) is 1.34. The molecule has 4 aromatic heterocycles. The Morgan fingerprint density at radius 2 is 0.500 bits per heavy atom. The molecule has 0 atom stereocenters. The molecule has 21 rings (SSSR count). The Morgan fingerprint density at radius 3 is 0.854 bits per heavy atom. The lowest BCUT2D eigenvalue weighted by atomic mass is 9.75. The summed E-state index contributed by atoms with van der Waals surface area (Å²) in [5, 5.41) is 9.58. The van der Waals surface area contributed by atoms with E-state index in [0.29, 0.717) is 0 Å². The van der Waals surface area contributed by atoms with Crippen LogP contribution in [0.3, 0.4) is 0 Å². The highest BCUT2D eigenvalue weighted by molar-refractivity contribution is 6.21. The molecule has 0 saturated carbocycles. The van der Waals surface area contributed by atoms with Gasteiger partial charge in [0.15, 0.2) is 0 Å². The Kier molecular flexibility index (Phi) is 11.2. The number of para-hydroxylation sites is 6. The van der Waals surface area contributed by atoms with E-state index in [-0.39, 0.29) is 5.92 Å². The van der Waals surface area contributed by atoms with Crippen molar-refractivity contribution in [1.29, 1.82) is 0 Å². The Labute approximate surface area is 553 Å². The average molecular weight is 1220 g/mol. The fourth-order valence-corrected chi connectivity index (χ4v) is 16.9. The minimum atomic E-state index is -0.322. The number of hydrogen-bond donors (Lipinski definition) is 0. The smallest absolute Gasteiger partial charge is 0.0990 e. The van der Waals surface area contributed by atoms with Gasteiger partial charge in [-0.05, 0) is 153 Å². The quantitative estimate of drug-likeness (QED) is 0.141. The molecular formula is C91H57N5. The Hall–Kier alpha value is -12.7. The van der Waals surface area contributed by atoms with Gasteiger partial charge in [0, 0.05) is 65.9 Å². The van der Waals surface area contributed by atoms with Crippen LogP contribution in [0.2, 0.25) is 0 Å². The summed E-state index contributed by atoms with van der Waals surface area (Å²) in [7, 11) is 0. The van der Waals surface area contributed by atoms with E-state index in [1.54, 1.807) is 0 Å². The van der Waals surface area contributed by atoms with Crippen molar-refractivity contribution < 1.29 is 0 Å². The standard InChI is InChI=1S/C91H57N5/c1-7-27-57(28-8-1)61-47-49-81-71(51-61)73-53-63(59-31-11-3-12-32-59)55-75-83-76-56-64(60-33-13-4-14-34-60)54-74-72-52-62(58-29-9-2-10-30-58)48-50-82(72)96(86(74)76)88-84(83)87(95(81)85(73)75)89(93-77-43-23-19-39-67(77)68-40-20-24-44-78(68)93)91(92(65-35-15-5-16-36-65)66-37-17-6-18-38-66)90(88)94-79-45-25-21-41-69(79)70-42-22-26-46-80(70)94/h1-56,83H. The van der Waals surface area contributed by atoms with Gasteiger partial charge in [0.1, 0.15) is 0 Å². The number of fused-ring (bicyclic) bond motifs is 16. The molecule has 6 heterocycles. The third kappa shape index (κ3) is 7.45. The van der Waals surface area contributed by atoms with Gasteiger partial charge in [0.05, 0.1) is 72.6 Å². The van der Waals surface area contributed by atoms with Crippen LogP contribution in [0.1, 0.15) is 22.6 Å². The molecule has 2 aliphatic rings. The summed E-state index contributed by atoms with van der Waals surface area (Å²) in [5.74, 6) is -0.322. The summed E-state index contributed by atoms with van der Waals surface area (Å²) in [6.07, 6.45) is 0. The van der Waals surface area contributed by atoms with Crippen molar-refractivity contribution in [3.05, 3.63) is 356 Å². The number of nitrogens with zero attached hydrogens (tertiary/aromatic N) is 5. The SMILES string of the molecule is c1ccc(-c2ccc3c(c2)c2cc(-c4ccccc4)cc4c2n3-c2c3c(c(-n5c6ccccc6c6ccccc65)c(N(c5ccccc5)c5ccccc5)c2-n2c5ccccc5c5ccccc52)-n2c5ccc(-c6ccccc6)cc5c5cc(-c6ccccc6)cc(c52)C34)cc1. The topological polar surface area (TPSA) is 23.0 Å². The third-order valence-electron chi connectivity index (χ3n) is 20.8. The van der Waals surface area contributed by atoms with E-state index in [4.69, 9.17) is 0 Å². The van der Waals surface area contributed by atoms with Gasteiger partial charge in [-0.15, -0.1) is 0 Å². The maximum Gasteiger partial charge on any atom is 0.0990 e. The lowest BCUT2D eigenvalue weighted by Gasteiger charge is -2.41. The minimum Gasteiger partial charge on any atom is -0.306 e. The van der Waals surface area contributed by atoms with Crippen molar-refractivity contribution in [2.75, 3.05) is 4.90 Å². The molecule has 96 heavy (non-hydrogen) atoms. The maximum atomic E-state index is 2.73. The fourth-order valence-electron chi connectivity index (χ4n) is 16.9. The Balaban J connectivity index is 1.09. The first-order valence-corrected chi connectivity index (χ1v) is 33.3. The van der Waals surface area contributed by atoms with E-state index >= 15 is 0 Å². The normalized spacial score (nSPS) is 12.5. The molecule has 0 spiro atoms. The zero-order valence-corrected chi connectivity index (χ0v) is 52.1. The molecule has 0 radical (unpaired) electrons. The predicted molar refractivity (Wildman–Crippen MR) is 401 cm³/mol. The van der Waals surface area contributed by atoms with Crippen LogP contribution in [0.5, 0.6) is 0 Å². The molecule has 0 fully saturated rings. The van der Waals surface area contributed by atoms with Crippen LogP contribution in [0.4, 0.5) is 17.1 Å². The third-order valence-corrected chi connectivity index (χ3v) is 20.8. The molecule has 0 unspecified atom stereocenters. The number of aromatic nitrogens is 4. The molecule has 5 nitrogen and oxygen atoms in total. The molecule has 446 valence electrons. The number of anilines is 3. The Morgan fingerprint density at radius 1 is 0.208 bits per heavy atom. The minimum absolute atomic E-state index is 0.322. The summed E-state index contributed by atoms with van der Waals surface area (Å²) in [6, 6.07) is 127. The van der Waals surface area contributed by atoms with Crippen molar-refractivity contribution in [2.45, 2.75) is 5.92 Å². The lowest BCUT2D eigenvalue weighted by molar-refractivity contribution is 0.868. The van der Waals surface area contributed by atoms with Gasteiger partial charge in [0.2, 0.25) is 0 Å². The number of rotatable bonds is 9. The maximum absolute atomic E-state index is 2.73. The van der Waals surface area contributed by atoms with Gasteiger partial charge in [-0.1, -0.05) is 243 Å². The molecule has 0 N–H and O–H groups in total. The zero-order chi connectivity index (χ0) is 62.7. The molecule has 15 aromatic carbocycles.